The summed E-state index contributed by atoms with van der Waals surface area (Å²) in [5, 5.41) is 2.76. The number of benzene rings is 1. The van der Waals surface area contributed by atoms with Gasteiger partial charge in [0.25, 0.3) is 5.91 Å². The summed E-state index contributed by atoms with van der Waals surface area (Å²) in [6.07, 6.45) is 5.60. The number of carbonyl (C=O) groups is 2. The summed E-state index contributed by atoms with van der Waals surface area (Å²) in [4.78, 5) is 23.9. The molecule has 24 heavy (non-hydrogen) atoms. The molecule has 0 unspecified atom stereocenters. The van der Waals surface area contributed by atoms with E-state index in [9.17, 15) is 9.59 Å². The van der Waals surface area contributed by atoms with Crippen LogP contribution in [0.2, 0.25) is 0 Å². The second kappa shape index (κ2) is 7.38. The van der Waals surface area contributed by atoms with Crippen molar-refractivity contribution in [1.82, 2.24) is 5.32 Å². The second-order valence-electron chi connectivity index (χ2n) is 6.01. The molecule has 1 aromatic rings. The molecule has 1 amide bonds. The third kappa shape index (κ3) is 4.07. The lowest BCUT2D eigenvalue weighted by molar-refractivity contribution is -0.155. The highest BCUT2D eigenvalue weighted by atomic mass is 16.7. The number of allylic oxidation sites excluding steroid dienone is 2. The van der Waals surface area contributed by atoms with Gasteiger partial charge in [-0.1, -0.05) is 18.2 Å². The van der Waals surface area contributed by atoms with Crippen molar-refractivity contribution in [2.75, 3.05) is 6.79 Å². The first-order valence-corrected chi connectivity index (χ1v) is 8.14. The molecule has 1 aliphatic carbocycles. The van der Waals surface area contributed by atoms with Gasteiger partial charge in [0.05, 0.1) is 6.42 Å². The molecular weight excluding hydrogens is 310 g/mol. The molecule has 2 atom stereocenters. The SMILES string of the molecule is C[C@@H](OC(=O)C[C@@H]1C=CCC1)C(=O)NCc1ccc2c(c1)OCO2. The van der Waals surface area contributed by atoms with Crippen LogP contribution in [0.4, 0.5) is 0 Å². The van der Waals surface area contributed by atoms with Crippen LogP contribution in [-0.2, 0) is 20.9 Å². The molecule has 1 heterocycles. The Kier molecular flexibility index (Phi) is 5.03. The number of fused-ring (bicyclic) bond motifs is 1. The van der Waals surface area contributed by atoms with Gasteiger partial charge in [-0.3, -0.25) is 9.59 Å². The first kappa shape index (κ1) is 16.4. The Morgan fingerprint density at radius 2 is 2.17 bits per heavy atom. The van der Waals surface area contributed by atoms with Crippen molar-refractivity contribution >= 4 is 11.9 Å². The Labute approximate surface area is 140 Å². The maximum Gasteiger partial charge on any atom is 0.307 e. The molecule has 1 aromatic carbocycles. The van der Waals surface area contributed by atoms with Crippen molar-refractivity contribution < 1.29 is 23.8 Å². The van der Waals surface area contributed by atoms with Crippen LogP contribution in [0.1, 0.15) is 31.7 Å². The molecule has 1 aliphatic heterocycles. The molecule has 0 spiro atoms. The van der Waals surface area contributed by atoms with Gasteiger partial charge in [-0.05, 0) is 43.4 Å². The summed E-state index contributed by atoms with van der Waals surface area (Å²) < 4.78 is 15.8. The van der Waals surface area contributed by atoms with Gasteiger partial charge in [-0.25, -0.2) is 0 Å². The van der Waals surface area contributed by atoms with Crippen molar-refractivity contribution in [2.24, 2.45) is 5.92 Å². The number of esters is 1. The van der Waals surface area contributed by atoms with E-state index in [4.69, 9.17) is 14.2 Å². The first-order chi connectivity index (χ1) is 11.6. The highest BCUT2D eigenvalue weighted by Gasteiger charge is 2.21. The fourth-order valence-corrected chi connectivity index (χ4v) is 2.76. The van der Waals surface area contributed by atoms with Gasteiger partial charge in [0.2, 0.25) is 6.79 Å². The maximum absolute atomic E-state index is 12.1. The highest BCUT2D eigenvalue weighted by Crippen LogP contribution is 2.32. The van der Waals surface area contributed by atoms with Gasteiger partial charge in [0.15, 0.2) is 17.6 Å². The minimum Gasteiger partial charge on any atom is -0.454 e. The van der Waals surface area contributed by atoms with Gasteiger partial charge in [-0.15, -0.1) is 0 Å². The molecule has 0 bridgehead atoms. The summed E-state index contributed by atoms with van der Waals surface area (Å²) >= 11 is 0. The van der Waals surface area contributed by atoms with E-state index in [-0.39, 0.29) is 24.6 Å². The van der Waals surface area contributed by atoms with Crippen molar-refractivity contribution in [3.63, 3.8) is 0 Å². The first-order valence-electron chi connectivity index (χ1n) is 8.14. The van der Waals surface area contributed by atoms with Crippen LogP contribution >= 0.6 is 0 Å². The molecule has 6 nitrogen and oxygen atoms in total. The number of nitrogens with one attached hydrogen (secondary N) is 1. The average Bonchev–Trinajstić information content (AvgIpc) is 3.23. The molecule has 0 fully saturated rings. The number of hydrogen-bond acceptors (Lipinski definition) is 5. The summed E-state index contributed by atoms with van der Waals surface area (Å²) in [6, 6.07) is 5.49. The Bertz CT molecular complexity index is 655. The topological polar surface area (TPSA) is 73.9 Å². The Morgan fingerprint density at radius 3 is 2.96 bits per heavy atom. The molecule has 0 aromatic heterocycles. The standard InChI is InChI=1S/C18H21NO5/c1-12(24-17(20)9-13-4-2-3-5-13)18(21)19-10-14-6-7-15-16(8-14)23-11-22-15/h2,4,6-8,12-13H,3,5,9-11H2,1H3,(H,19,21)/t12-,13-/m1/s1. The van der Waals surface area contributed by atoms with Crippen LogP contribution in [0.15, 0.2) is 30.4 Å². The van der Waals surface area contributed by atoms with Crippen LogP contribution in [0.25, 0.3) is 0 Å². The predicted molar refractivity (Wildman–Crippen MR) is 86.4 cm³/mol. The van der Waals surface area contributed by atoms with Crippen molar-refractivity contribution in [3.8, 4) is 11.5 Å². The van der Waals surface area contributed by atoms with Crippen LogP contribution in [-0.4, -0.2) is 24.8 Å². The van der Waals surface area contributed by atoms with E-state index in [1.807, 2.05) is 24.3 Å². The zero-order valence-electron chi connectivity index (χ0n) is 13.6. The largest absolute Gasteiger partial charge is 0.454 e. The van der Waals surface area contributed by atoms with Crippen LogP contribution in [0.5, 0.6) is 11.5 Å². The Morgan fingerprint density at radius 1 is 1.33 bits per heavy atom. The van der Waals surface area contributed by atoms with Gasteiger partial charge in [0.1, 0.15) is 0 Å². The number of carbonyl (C=O) groups excluding carboxylic acids is 2. The lowest BCUT2D eigenvalue weighted by atomic mass is 10.1. The zero-order valence-corrected chi connectivity index (χ0v) is 13.6. The minimum absolute atomic E-state index is 0.217. The summed E-state index contributed by atoms with van der Waals surface area (Å²) in [5.74, 6) is 0.959. The smallest absolute Gasteiger partial charge is 0.307 e. The van der Waals surface area contributed by atoms with Gasteiger partial charge in [0, 0.05) is 6.54 Å². The van der Waals surface area contributed by atoms with E-state index in [1.54, 1.807) is 6.92 Å². The molecule has 3 rings (SSSR count). The number of hydrogen-bond donors (Lipinski definition) is 1. The lowest BCUT2D eigenvalue weighted by Crippen LogP contribution is -2.35. The van der Waals surface area contributed by atoms with Crippen LogP contribution in [0, 0.1) is 5.92 Å². The quantitative estimate of drug-likeness (QED) is 0.640. The maximum atomic E-state index is 12.1. The van der Waals surface area contributed by atoms with Crippen molar-refractivity contribution in [3.05, 3.63) is 35.9 Å². The molecule has 0 saturated heterocycles. The molecule has 0 radical (unpaired) electrons. The number of ether oxygens (including phenoxy) is 3. The average molecular weight is 331 g/mol. The van der Waals surface area contributed by atoms with E-state index in [0.29, 0.717) is 24.5 Å². The Hall–Kier alpha value is -2.50. The summed E-state index contributed by atoms with van der Waals surface area (Å²) in [6.45, 7) is 2.13. The van der Waals surface area contributed by atoms with E-state index in [1.165, 1.54) is 0 Å². The Balaban J connectivity index is 1.44. The normalized spacial score (nSPS) is 19.1. The van der Waals surface area contributed by atoms with Crippen molar-refractivity contribution in [1.29, 1.82) is 0 Å². The van der Waals surface area contributed by atoms with E-state index in [2.05, 4.69) is 11.4 Å². The lowest BCUT2D eigenvalue weighted by Gasteiger charge is -2.15. The van der Waals surface area contributed by atoms with Crippen LogP contribution < -0.4 is 14.8 Å². The third-order valence-electron chi connectivity index (χ3n) is 4.12. The summed E-state index contributed by atoms with van der Waals surface area (Å²) in [7, 11) is 0. The van der Waals surface area contributed by atoms with E-state index < -0.39 is 6.10 Å². The fraction of sp³-hybridized carbons (Fsp3) is 0.444. The number of rotatable bonds is 6. The molecule has 128 valence electrons. The zero-order chi connectivity index (χ0) is 16.9. The monoisotopic (exact) mass is 331 g/mol. The van der Waals surface area contributed by atoms with Gasteiger partial charge in [-0.2, -0.15) is 0 Å². The van der Waals surface area contributed by atoms with Crippen molar-refractivity contribution in [2.45, 2.75) is 38.8 Å². The van der Waals surface area contributed by atoms with E-state index in [0.717, 1.165) is 18.4 Å². The molecule has 0 saturated carbocycles. The van der Waals surface area contributed by atoms with Gasteiger partial charge >= 0.3 is 5.97 Å². The highest BCUT2D eigenvalue weighted by molar-refractivity contribution is 5.83. The number of amides is 1. The second-order valence-corrected chi connectivity index (χ2v) is 6.01. The summed E-state index contributed by atoms with van der Waals surface area (Å²) in [5.41, 5.74) is 0.891. The minimum atomic E-state index is -0.808. The molecule has 2 aliphatic rings. The third-order valence-corrected chi connectivity index (χ3v) is 4.12. The van der Waals surface area contributed by atoms with Gasteiger partial charge < -0.3 is 19.5 Å². The van der Waals surface area contributed by atoms with Crippen LogP contribution in [0.3, 0.4) is 0 Å². The molecule has 1 N–H and O–H groups in total. The fourth-order valence-electron chi connectivity index (χ4n) is 2.76. The molecular formula is C18H21NO5. The van der Waals surface area contributed by atoms with E-state index >= 15 is 0 Å². The molecule has 6 heteroatoms. The predicted octanol–water partition coefficient (Wildman–Crippen LogP) is 2.32.